The van der Waals surface area contributed by atoms with E-state index in [1.165, 1.54) is 5.56 Å². The van der Waals surface area contributed by atoms with Crippen molar-refractivity contribution in [1.29, 1.82) is 0 Å². The lowest BCUT2D eigenvalue weighted by Gasteiger charge is -1.99. The Morgan fingerprint density at radius 1 is 1.45 bits per heavy atom. The average Bonchev–Trinajstić information content (AvgIpc) is 2.36. The molecule has 0 bridgehead atoms. The lowest BCUT2D eigenvalue weighted by atomic mass is 10.2. The van der Waals surface area contributed by atoms with Crippen LogP contribution in [0.4, 0.5) is 5.69 Å². The Morgan fingerprint density at radius 3 is 3.09 bits per heavy atom. The normalized spacial score (nSPS) is 13.6. The second-order valence-corrected chi connectivity index (χ2v) is 3.67. The van der Waals surface area contributed by atoms with Gasteiger partial charge in [-0.15, -0.1) is 0 Å². The number of fused-ring (bicyclic) bond motifs is 1. The van der Waals surface area contributed by atoms with Gasteiger partial charge in [0.15, 0.2) is 0 Å². The van der Waals surface area contributed by atoms with Gasteiger partial charge in [-0.2, -0.15) is 0 Å². The van der Waals surface area contributed by atoms with E-state index in [1.807, 2.05) is 18.3 Å². The summed E-state index contributed by atoms with van der Waals surface area (Å²) in [5.41, 5.74) is 2.24. The number of hydrogen-bond acceptors (Lipinski definition) is 1. The van der Waals surface area contributed by atoms with E-state index in [0.29, 0.717) is 0 Å². The minimum atomic E-state index is 0.725. The molecular weight excluding hydrogens is 225 g/mol. The summed E-state index contributed by atoms with van der Waals surface area (Å²) in [5, 5.41) is 0.725. The first-order valence-corrected chi connectivity index (χ1v) is 4.45. The van der Waals surface area contributed by atoms with Crippen molar-refractivity contribution in [3.63, 3.8) is 0 Å². The van der Waals surface area contributed by atoms with E-state index >= 15 is 0 Å². The van der Waals surface area contributed by atoms with Gasteiger partial charge in [0, 0.05) is 17.1 Å². The fraction of sp³-hybridized carbons (Fsp3) is 0.125. The number of rotatable bonds is 0. The molecule has 1 aliphatic heterocycles. The molecule has 0 aliphatic carbocycles. The predicted octanol–water partition coefficient (Wildman–Crippen LogP) is 3.36. The van der Waals surface area contributed by atoms with Crippen molar-refractivity contribution in [1.82, 2.24) is 0 Å². The van der Waals surface area contributed by atoms with Crippen LogP contribution in [0, 0.1) is 0 Å². The summed E-state index contributed by atoms with van der Waals surface area (Å²) in [6.45, 7) is 0. The van der Waals surface area contributed by atoms with Gasteiger partial charge in [-0.05, 0) is 33.6 Å². The summed E-state index contributed by atoms with van der Waals surface area (Å²) < 4.78 is 0.948. The Balaban J connectivity index is 2.63. The van der Waals surface area contributed by atoms with Gasteiger partial charge in [0.2, 0.25) is 0 Å². The number of benzene rings is 1. The molecule has 0 saturated heterocycles. The van der Waals surface area contributed by atoms with E-state index < -0.39 is 0 Å². The first-order valence-electron chi connectivity index (χ1n) is 3.28. The topological polar surface area (TPSA) is 12.4 Å². The van der Waals surface area contributed by atoms with E-state index in [1.54, 1.807) is 0 Å². The lowest BCUT2D eigenvalue weighted by Crippen LogP contribution is -1.79. The maximum Gasteiger partial charge on any atom is 0.0677 e. The molecule has 0 aromatic heterocycles. The fourth-order valence-corrected chi connectivity index (χ4v) is 1.65. The van der Waals surface area contributed by atoms with Crippen LogP contribution in [-0.2, 0) is 6.42 Å². The van der Waals surface area contributed by atoms with E-state index in [0.717, 1.165) is 21.6 Å². The van der Waals surface area contributed by atoms with Gasteiger partial charge < -0.3 is 0 Å². The van der Waals surface area contributed by atoms with Gasteiger partial charge in [0.1, 0.15) is 0 Å². The van der Waals surface area contributed by atoms with Crippen molar-refractivity contribution >= 4 is 39.4 Å². The lowest BCUT2D eigenvalue weighted by molar-refractivity contribution is 1.40. The maximum atomic E-state index is 5.87. The second-order valence-electron chi connectivity index (χ2n) is 2.41. The molecule has 56 valence electrons. The van der Waals surface area contributed by atoms with Crippen LogP contribution in [0.25, 0.3) is 0 Å². The van der Waals surface area contributed by atoms with E-state index in [-0.39, 0.29) is 0 Å². The third-order valence-corrected chi connectivity index (χ3v) is 2.86. The number of nitrogens with zero attached hydrogens (tertiary/aromatic N) is 1. The van der Waals surface area contributed by atoms with Crippen molar-refractivity contribution in [2.45, 2.75) is 6.42 Å². The maximum absolute atomic E-state index is 5.87. The van der Waals surface area contributed by atoms with Crippen molar-refractivity contribution in [3.05, 3.63) is 27.2 Å². The third kappa shape index (κ3) is 1.21. The van der Waals surface area contributed by atoms with Crippen LogP contribution in [0.2, 0.25) is 5.02 Å². The van der Waals surface area contributed by atoms with Crippen LogP contribution < -0.4 is 0 Å². The highest BCUT2D eigenvalue weighted by Gasteiger charge is 2.08. The predicted molar refractivity (Wildman–Crippen MR) is 51.0 cm³/mol. The molecule has 1 aromatic rings. The monoisotopic (exact) mass is 229 g/mol. The van der Waals surface area contributed by atoms with Crippen LogP contribution >= 0.6 is 27.5 Å². The molecule has 0 atom stereocenters. The van der Waals surface area contributed by atoms with Crippen LogP contribution in [0.3, 0.4) is 0 Å². The molecule has 0 N–H and O–H groups in total. The molecule has 1 nitrogen and oxygen atoms in total. The molecule has 1 aliphatic rings. The van der Waals surface area contributed by atoms with Crippen molar-refractivity contribution < 1.29 is 0 Å². The SMILES string of the molecule is Clc1cc2c(cc1Br)CC=N2. The third-order valence-electron chi connectivity index (χ3n) is 1.66. The van der Waals surface area contributed by atoms with Gasteiger partial charge >= 0.3 is 0 Å². The minimum absolute atomic E-state index is 0.725. The molecule has 0 fully saturated rings. The summed E-state index contributed by atoms with van der Waals surface area (Å²) >= 11 is 9.23. The zero-order valence-corrected chi connectivity index (χ0v) is 7.98. The standard InChI is InChI=1S/C8H5BrClN/c9-6-3-5-1-2-11-8(5)4-7(6)10/h2-4H,1H2. The Morgan fingerprint density at radius 2 is 2.27 bits per heavy atom. The molecule has 0 unspecified atom stereocenters. The molecular formula is C8H5BrClN. The molecule has 0 spiro atoms. The Kier molecular flexibility index (Phi) is 1.74. The molecule has 3 heteroatoms. The highest BCUT2D eigenvalue weighted by Crippen LogP contribution is 2.33. The van der Waals surface area contributed by atoms with Crippen LogP contribution in [-0.4, -0.2) is 6.21 Å². The highest BCUT2D eigenvalue weighted by molar-refractivity contribution is 9.10. The summed E-state index contributed by atoms with van der Waals surface area (Å²) in [7, 11) is 0. The molecule has 1 aromatic carbocycles. The van der Waals surface area contributed by atoms with Crippen LogP contribution in [0.5, 0.6) is 0 Å². The Labute approximate surface area is 78.2 Å². The molecule has 0 radical (unpaired) electrons. The van der Waals surface area contributed by atoms with Gasteiger partial charge in [0.05, 0.1) is 10.7 Å². The first kappa shape index (κ1) is 7.32. The van der Waals surface area contributed by atoms with Crippen molar-refractivity contribution in [2.75, 3.05) is 0 Å². The Bertz CT molecular complexity index is 333. The molecule has 0 saturated carbocycles. The van der Waals surface area contributed by atoms with Gasteiger partial charge in [0.25, 0.3) is 0 Å². The number of halogens is 2. The summed E-state index contributed by atoms with van der Waals surface area (Å²) in [6, 6.07) is 3.90. The van der Waals surface area contributed by atoms with E-state index in [4.69, 9.17) is 11.6 Å². The van der Waals surface area contributed by atoms with Gasteiger partial charge in [-0.1, -0.05) is 11.6 Å². The quantitative estimate of drug-likeness (QED) is 0.648. The Hall–Kier alpha value is -0.340. The highest BCUT2D eigenvalue weighted by atomic mass is 79.9. The van der Waals surface area contributed by atoms with Crippen molar-refractivity contribution in [2.24, 2.45) is 4.99 Å². The van der Waals surface area contributed by atoms with E-state index in [9.17, 15) is 0 Å². The molecule has 2 rings (SSSR count). The molecule has 1 heterocycles. The summed E-state index contributed by atoms with van der Waals surface area (Å²) in [5.74, 6) is 0. The summed E-state index contributed by atoms with van der Waals surface area (Å²) in [6.07, 6.45) is 2.82. The smallest absolute Gasteiger partial charge is 0.0677 e. The first-order chi connectivity index (χ1) is 5.27. The second kappa shape index (κ2) is 2.61. The van der Waals surface area contributed by atoms with E-state index in [2.05, 4.69) is 20.9 Å². The number of hydrogen-bond donors (Lipinski definition) is 0. The van der Waals surface area contributed by atoms with Gasteiger partial charge in [-0.25, -0.2) is 0 Å². The largest absolute Gasteiger partial charge is 0.261 e. The molecule has 11 heavy (non-hydrogen) atoms. The van der Waals surface area contributed by atoms with Crippen LogP contribution in [0.1, 0.15) is 5.56 Å². The van der Waals surface area contributed by atoms with Crippen molar-refractivity contribution in [3.8, 4) is 0 Å². The van der Waals surface area contributed by atoms with Gasteiger partial charge in [-0.3, -0.25) is 4.99 Å². The average molecular weight is 230 g/mol. The molecule has 0 amide bonds. The zero-order chi connectivity index (χ0) is 7.84. The minimum Gasteiger partial charge on any atom is -0.261 e. The van der Waals surface area contributed by atoms with Crippen LogP contribution in [0.15, 0.2) is 21.6 Å². The fourth-order valence-electron chi connectivity index (χ4n) is 1.10. The zero-order valence-electron chi connectivity index (χ0n) is 5.64. The number of aliphatic imine (C=N–C) groups is 1. The summed E-state index contributed by atoms with van der Waals surface area (Å²) in [4.78, 5) is 4.17.